The Labute approximate surface area is 166 Å². The minimum Gasteiger partial charge on any atom is -0.490 e. The Morgan fingerprint density at radius 2 is 1.93 bits per heavy atom. The normalized spacial score (nSPS) is 12.8. The van der Waals surface area contributed by atoms with Crippen LogP contribution >= 0.6 is 0 Å². The van der Waals surface area contributed by atoms with Crippen LogP contribution in [0.5, 0.6) is 5.75 Å². The molecule has 6 heteroatoms. The van der Waals surface area contributed by atoms with Gasteiger partial charge in [0.25, 0.3) is 0 Å². The van der Waals surface area contributed by atoms with Crippen molar-refractivity contribution in [2.45, 2.75) is 19.3 Å². The molecule has 1 aliphatic rings. The van der Waals surface area contributed by atoms with E-state index in [1.54, 1.807) is 0 Å². The summed E-state index contributed by atoms with van der Waals surface area (Å²) in [6, 6.07) is 16.4. The van der Waals surface area contributed by atoms with Crippen LogP contribution in [0.3, 0.4) is 0 Å². The quantitative estimate of drug-likeness (QED) is 0.550. The lowest BCUT2D eigenvalue weighted by atomic mass is 10.1. The van der Waals surface area contributed by atoms with Gasteiger partial charge in [-0.25, -0.2) is 0 Å². The number of carbonyl (C=O) groups is 1. The lowest BCUT2D eigenvalue weighted by molar-refractivity contribution is -0.121. The first kappa shape index (κ1) is 20.0. The number of ether oxygens (including phenoxy) is 1. The summed E-state index contributed by atoms with van der Waals surface area (Å²) in [6.07, 6.45) is 2.18. The third-order valence-corrected chi connectivity index (χ3v) is 4.79. The van der Waals surface area contributed by atoms with E-state index in [1.807, 2.05) is 12.1 Å². The molecule has 2 aromatic carbocycles. The van der Waals surface area contributed by atoms with E-state index < -0.39 is 0 Å². The van der Waals surface area contributed by atoms with Crippen LogP contribution in [0.1, 0.15) is 18.4 Å². The van der Waals surface area contributed by atoms with Crippen molar-refractivity contribution in [2.24, 2.45) is 0 Å². The van der Waals surface area contributed by atoms with E-state index in [2.05, 4.69) is 51.9 Å². The number of aryl methyl sites for hydroxylation is 1. The highest BCUT2D eigenvalue weighted by molar-refractivity contribution is 5.76. The summed E-state index contributed by atoms with van der Waals surface area (Å²) < 4.78 is 5.70. The maximum Gasteiger partial charge on any atom is 0.220 e. The van der Waals surface area contributed by atoms with E-state index in [9.17, 15) is 4.79 Å². The van der Waals surface area contributed by atoms with Crippen LogP contribution in [0, 0.1) is 0 Å². The van der Waals surface area contributed by atoms with Crippen LogP contribution in [0.25, 0.3) is 0 Å². The minimum absolute atomic E-state index is 0.0237. The highest BCUT2D eigenvalue weighted by Gasteiger charge is 2.16. The predicted molar refractivity (Wildman–Crippen MR) is 112 cm³/mol. The van der Waals surface area contributed by atoms with Crippen molar-refractivity contribution >= 4 is 17.3 Å². The van der Waals surface area contributed by atoms with Gasteiger partial charge in [0.05, 0.1) is 18.8 Å². The topological polar surface area (TPSA) is 73.8 Å². The Hall–Kier alpha value is -2.73. The molecule has 1 heterocycles. The second-order valence-electron chi connectivity index (χ2n) is 6.85. The van der Waals surface area contributed by atoms with Crippen LogP contribution in [0.15, 0.2) is 48.5 Å². The van der Waals surface area contributed by atoms with Crippen LogP contribution < -0.4 is 20.3 Å². The molecule has 0 unspecified atom stereocenters. The number of amides is 1. The van der Waals surface area contributed by atoms with Gasteiger partial charge in [0.1, 0.15) is 12.4 Å². The lowest BCUT2D eigenvalue weighted by Gasteiger charge is -2.31. The fraction of sp³-hybridized carbons (Fsp3) is 0.409. The molecule has 0 spiro atoms. The first-order valence-corrected chi connectivity index (χ1v) is 9.93. The number of hydrogen-bond acceptors (Lipinski definition) is 5. The van der Waals surface area contributed by atoms with E-state index in [0.717, 1.165) is 49.7 Å². The molecule has 150 valence electrons. The van der Waals surface area contributed by atoms with Gasteiger partial charge in [-0.15, -0.1) is 0 Å². The highest BCUT2D eigenvalue weighted by Crippen LogP contribution is 2.30. The Morgan fingerprint density at radius 1 is 1.11 bits per heavy atom. The molecular formula is C22H29N3O3. The summed E-state index contributed by atoms with van der Waals surface area (Å²) in [6.45, 7) is 3.86. The molecule has 1 aliphatic heterocycles. The van der Waals surface area contributed by atoms with Gasteiger partial charge in [0, 0.05) is 31.7 Å². The monoisotopic (exact) mass is 383 g/mol. The average molecular weight is 383 g/mol. The third kappa shape index (κ3) is 5.89. The van der Waals surface area contributed by atoms with Crippen molar-refractivity contribution in [1.29, 1.82) is 0 Å². The predicted octanol–water partition coefficient (Wildman–Crippen LogP) is 2.43. The van der Waals surface area contributed by atoms with Crippen LogP contribution in [0.2, 0.25) is 0 Å². The number of carbonyl (C=O) groups excluding carboxylic acids is 1. The number of rotatable bonds is 10. The van der Waals surface area contributed by atoms with Crippen molar-refractivity contribution < 1.29 is 14.6 Å². The van der Waals surface area contributed by atoms with Gasteiger partial charge in [-0.3, -0.25) is 4.79 Å². The zero-order valence-corrected chi connectivity index (χ0v) is 16.2. The summed E-state index contributed by atoms with van der Waals surface area (Å²) in [5.41, 5.74) is 3.41. The highest BCUT2D eigenvalue weighted by atomic mass is 16.5. The fourth-order valence-corrected chi connectivity index (χ4v) is 3.29. The first-order valence-electron chi connectivity index (χ1n) is 9.93. The van der Waals surface area contributed by atoms with Gasteiger partial charge in [-0.05, 0) is 42.7 Å². The fourth-order valence-electron chi connectivity index (χ4n) is 3.29. The molecule has 1 amide bonds. The number of nitrogens with zero attached hydrogens (tertiary/aromatic N) is 1. The number of nitrogens with one attached hydrogen (secondary N) is 2. The molecule has 0 fully saturated rings. The summed E-state index contributed by atoms with van der Waals surface area (Å²) in [5, 5.41) is 14.8. The molecule has 3 N–H and O–H groups in total. The Morgan fingerprint density at radius 3 is 2.75 bits per heavy atom. The second-order valence-corrected chi connectivity index (χ2v) is 6.85. The van der Waals surface area contributed by atoms with Crippen LogP contribution in [-0.4, -0.2) is 50.4 Å². The molecule has 2 aromatic rings. The molecule has 0 atom stereocenters. The number of hydrogen-bond donors (Lipinski definition) is 3. The van der Waals surface area contributed by atoms with Gasteiger partial charge in [-0.2, -0.15) is 0 Å². The van der Waals surface area contributed by atoms with Gasteiger partial charge in [-0.1, -0.05) is 24.3 Å². The van der Waals surface area contributed by atoms with Crippen molar-refractivity contribution in [3.8, 4) is 5.75 Å². The zero-order chi connectivity index (χ0) is 19.6. The first-order chi connectivity index (χ1) is 13.8. The minimum atomic E-state index is -0.0269. The molecule has 0 aromatic heterocycles. The Bertz CT molecular complexity index is 749. The van der Waals surface area contributed by atoms with Crippen LogP contribution in [0.4, 0.5) is 11.4 Å². The van der Waals surface area contributed by atoms with Crippen molar-refractivity contribution in [1.82, 2.24) is 5.32 Å². The number of aliphatic hydroxyl groups excluding tert-OH is 1. The average Bonchev–Trinajstić information content (AvgIpc) is 2.74. The standard InChI is InChI=1S/C22H29N3O3/c26-16-13-24-22(27)11-8-18-6-9-19(10-7-18)23-12-3-14-25-15-17-28-21-5-2-1-4-20(21)25/h1-2,4-7,9-10,23,26H,3,8,11-17H2,(H,24,27). The lowest BCUT2D eigenvalue weighted by Crippen LogP contribution is -2.34. The molecule has 0 saturated carbocycles. The van der Waals surface area contributed by atoms with E-state index in [-0.39, 0.29) is 12.5 Å². The summed E-state index contributed by atoms with van der Waals surface area (Å²) in [5.74, 6) is 0.947. The molecule has 6 nitrogen and oxygen atoms in total. The number of anilines is 2. The number of benzene rings is 2. The third-order valence-electron chi connectivity index (χ3n) is 4.79. The molecule has 0 saturated heterocycles. The maximum atomic E-state index is 11.6. The summed E-state index contributed by atoms with van der Waals surface area (Å²) in [4.78, 5) is 14.0. The molecular weight excluding hydrogens is 354 g/mol. The van der Waals surface area contributed by atoms with E-state index in [4.69, 9.17) is 9.84 Å². The number of aliphatic hydroxyl groups is 1. The second kappa shape index (κ2) is 10.6. The summed E-state index contributed by atoms with van der Waals surface area (Å²) in [7, 11) is 0. The van der Waals surface area contributed by atoms with Gasteiger partial charge in [0.15, 0.2) is 0 Å². The number of para-hydroxylation sites is 2. The number of fused-ring (bicyclic) bond motifs is 1. The maximum absolute atomic E-state index is 11.6. The Balaban J connectivity index is 1.37. The molecule has 0 aliphatic carbocycles. The van der Waals surface area contributed by atoms with Crippen molar-refractivity contribution in [2.75, 3.05) is 49.6 Å². The zero-order valence-electron chi connectivity index (χ0n) is 16.2. The molecule has 0 radical (unpaired) electrons. The summed E-state index contributed by atoms with van der Waals surface area (Å²) >= 11 is 0. The van der Waals surface area contributed by atoms with E-state index in [1.165, 1.54) is 5.69 Å². The van der Waals surface area contributed by atoms with Crippen LogP contribution in [-0.2, 0) is 11.2 Å². The van der Waals surface area contributed by atoms with Crippen molar-refractivity contribution in [3.63, 3.8) is 0 Å². The Kier molecular flexibility index (Phi) is 7.55. The SMILES string of the molecule is O=C(CCc1ccc(NCCCN2CCOc3ccccc32)cc1)NCCO. The molecule has 28 heavy (non-hydrogen) atoms. The molecule has 0 bridgehead atoms. The van der Waals surface area contributed by atoms with E-state index in [0.29, 0.717) is 19.4 Å². The van der Waals surface area contributed by atoms with E-state index >= 15 is 0 Å². The van der Waals surface area contributed by atoms with Gasteiger partial charge < -0.3 is 25.4 Å². The van der Waals surface area contributed by atoms with Gasteiger partial charge >= 0.3 is 0 Å². The largest absolute Gasteiger partial charge is 0.490 e. The van der Waals surface area contributed by atoms with Crippen molar-refractivity contribution in [3.05, 3.63) is 54.1 Å². The smallest absolute Gasteiger partial charge is 0.220 e. The molecule has 3 rings (SSSR count). The van der Waals surface area contributed by atoms with Gasteiger partial charge in [0.2, 0.25) is 5.91 Å².